The average Bonchev–Trinajstić information content (AvgIpc) is 2.82. The minimum absolute atomic E-state index is 0.190. The molecule has 2 aromatic carbocycles. The summed E-state index contributed by atoms with van der Waals surface area (Å²) in [6.07, 6.45) is 5.46. The van der Waals surface area contributed by atoms with Crippen molar-refractivity contribution in [3.63, 3.8) is 0 Å². The smallest absolute Gasteiger partial charge is 0.341 e. The zero-order chi connectivity index (χ0) is 23.3. The molecule has 10 heteroatoms. The van der Waals surface area contributed by atoms with Crippen LogP contribution in [0.4, 0.5) is 5.69 Å². The number of sulfonamides is 1. The van der Waals surface area contributed by atoms with Gasteiger partial charge in [0.15, 0.2) is 0 Å². The Morgan fingerprint density at radius 2 is 1.94 bits per heavy atom. The predicted octanol–water partition coefficient (Wildman–Crippen LogP) is 1.21. The molecule has 1 amide bonds. The zero-order valence-corrected chi connectivity index (χ0v) is 18.2. The summed E-state index contributed by atoms with van der Waals surface area (Å²) in [6, 6.07) is 9.45. The quantitative estimate of drug-likeness (QED) is 0.511. The number of carbonyl (C=O) groups is 2. The van der Waals surface area contributed by atoms with Crippen LogP contribution in [0.1, 0.15) is 15.9 Å². The number of ether oxygens (including phenoxy) is 2. The Balaban J connectivity index is 2.06. The van der Waals surface area contributed by atoms with Crippen molar-refractivity contribution in [1.29, 1.82) is 0 Å². The van der Waals surface area contributed by atoms with Crippen LogP contribution in [0.25, 0.3) is 0 Å². The van der Waals surface area contributed by atoms with E-state index in [9.17, 15) is 23.1 Å². The Hall–Kier alpha value is -3.55. The van der Waals surface area contributed by atoms with Gasteiger partial charge in [0.1, 0.15) is 17.9 Å². The van der Waals surface area contributed by atoms with Gasteiger partial charge >= 0.3 is 5.97 Å². The highest BCUT2D eigenvalue weighted by Crippen LogP contribution is 2.28. The minimum atomic E-state index is -4.33. The number of aromatic hydroxyl groups is 1. The van der Waals surface area contributed by atoms with Crippen molar-refractivity contribution in [2.75, 3.05) is 44.3 Å². The molecule has 9 nitrogen and oxygen atoms in total. The van der Waals surface area contributed by atoms with E-state index in [1.54, 1.807) is 12.1 Å². The maximum absolute atomic E-state index is 13.6. The standard InChI is InChI=1S/C22H22N2O7S/c1-3-16-5-4-6-17(13-16)24(15-21(26)23-9-11-31-12-10-23)32(28,29)18-7-8-20(25)19(14-18)22(27)30-2/h1,4-8,13-14,25H,9-12,15H2,2H3. The second kappa shape index (κ2) is 9.72. The fourth-order valence-corrected chi connectivity index (χ4v) is 4.61. The molecule has 0 radical (unpaired) electrons. The third kappa shape index (κ3) is 4.85. The lowest BCUT2D eigenvalue weighted by Gasteiger charge is -2.30. The number of hydrogen-bond donors (Lipinski definition) is 1. The lowest BCUT2D eigenvalue weighted by Crippen LogP contribution is -2.47. The Kier molecular flexibility index (Phi) is 7.02. The first kappa shape index (κ1) is 23.1. The third-order valence-electron chi connectivity index (χ3n) is 4.90. The summed E-state index contributed by atoms with van der Waals surface area (Å²) in [5.74, 6) is 0.706. The normalized spacial score (nSPS) is 13.8. The maximum Gasteiger partial charge on any atom is 0.341 e. The van der Waals surface area contributed by atoms with E-state index in [1.165, 1.54) is 17.0 Å². The summed E-state index contributed by atoms with van der Waals surface area (Å²) in [5, 5.41) is 9.94. The van der Waals surface area contributed by atoms with Crippen molar-refractivity contribution >= 4 is 27.6 Å². The van der Waals surface area contributed by atoms with Crippen LogP contribution in [-0.4, -0.2) is 70.3 Å². The average molecular weight is 458 g/mol. The summed E-state index contributed by atoms with van der Waals surface area (Å²) in [5.41, 5.74) is 0.308. The van der Waals surface area contributed by atoms with E-state index in [2.05, 4.69) is 10.7 Å². The molecule has 0 aromatic heterocycles. The van der Waals surface area contributed by atoms with E-state index in [1.807, 2.05) is 0 Å². The molecule has 1 N–H and O–H groups in total. The van der Waals surface area contributed by atoms with Gasteiger partial charge in [0.05, 0.1) is 30.9 Å². The summed E-state index contributed by atoms with van der Waals surface area (Å²) in [4.78, 5) is 26.1. The number of methoxy groups -OCH3 is 1. The molecule has 0 saturated carbocycles. The van der Waals surface area contributed by atoms with Gasteiger partial charge in [-0.05, 0) is 36.4 Å². The number of nitrogens with zero attached hydrogens (tertiary/aromatic N) is 2. The second-order valence-corrected chi connectivity index (χ2v) is 8.73. The van der Waals surface area contributed by atoms with Gasteiger partial charge in [0, 0.05) is 18.7 Å². The molecule has 3 rings (SSSR count). The Morgan fingerprint density at radius 1 is 1.22 bits per heavy atom. The van der Waals surface area contributed by atoms with Crippen LogP contribution in [0.5, 0.6) is 5.75 Å². The van der Waals surface area contributed by atoms with Crippen molar-refractivity contribution in [2.45, 2.75) is 4.90 Å². The molecule has 0 aliphatic carbocycles. The van der Waals surface area contributed by atoms with Crippen molar-refractivity contribution < 1.29 is 32.6 Å². The predicted molar refractivity (Wildman–Crippen MR) is 116 cm³/mol. The highest BCUT2D eigenvalue weighted by molar-refractivity contribution is 7.92. The van der Waals surface area contributed by atoms with Gasteiger partial charge in [0.25, 0.3) is 10.0 Å². The third-order valence-corrected chi connectivity index (χ3v) is 6.67. The number of benzene rings is 2. The number of anilines is 1. The molecular weight excluding hydrogens is 436 g/mol. The summed E-state index contributed by atoms with van der Waals surface area (Å²) in [6.45, 7) is 0.952. The number of terminal acetylenes is 1. The summed E-state index contributed by atoms with van der Waals surface area (Å²) in [7, 11) is -3.21. The number of carbonyl (C=O) groups excluding carboxylic acids is 2. The monoisotopic (exact) mass is 458 g/mol. The van der Waals surface area contributed by atoms with Crippen LogP contribution < -0.4 is 4.31 Å². The van der Waals surface area contributed by atoms with Crippen molar-refractivity contribution in [1.82, 2.24) is 4.90 Å². The first-order valence-corrected chi connectivity index (χ1v) is 11.1. The molecule has 1 fully saturated rings. The molecule has 2 aromatic rings. The molecule has 168 valence electrons. The van der Waals surface area contributed by atoms with Gasteiger partial charge in [-0.3, -0.25) is 9.10 Å². The second-order valence-electron chi connectivity index (χ2n) is 6.87. The first-order valence-electron chi connectivity index (χ1n) is 9.64. The lowest BCUT2D eigenvalue weighted by molar-refractivity contribution is -0.133. The molecule has 1 aliphatic heterocycles. The number of phenolic OH excluding ortho intramolecular Hbond substituents is 1. The van der Waals surface area contributed by atoms with E-state index >= 15 is 0 Å². The Bertz CT molecular complexity index is 1170. The molecule has 0 spiro atoms. The van der Waals surface area contributed by atoms with Gasteiger partial charge in [-0.1, -0.05) is 12.0 Å². The first-order chi connectivity index (χ1) is 15.3. The SMILES string of the molecule is C#Cc1cccc(N(CC(=O)N2CCOCC2)S(=O)(=O)c2ccc(O)c(C(=O)OC)c2)c1. The molecule has 1 aliphatic rings. The number of morpholine rings is 1. The zero-order valence-electron chi connectivity index (χ0n) is 17.4. The molecule has 0 atom stereocenters. The van der Waals surface area contributed by atoms with E-state index in [0.717, 1.165) is 29.6 Å². The van der Waals surface area contributed by atoms with Crippen LogP contribution in [0.2, 0.25) is 0 Å². The van der Waals surface area contributed by atoms with Gasteiger partial charge < -0.3 is 19.5 Å². The lowest BCUT2D eigenvalue weighted by atomic mass is 10.2. The molecule has 1 heterocycles. The largest absolute Gasteiger partial charge is 0.507 e. The van der Waals surface area contributed by atoms with E-state index < -0.39 is 34.2 Å². The number of hydrogen-bond acceptors (Lipinski definition) is 7. The molecule has 0 unspecified atom stereocenters. The fourth-order valence-electron chi connectivity index (χ4n) is 3.18. The Morgan fingerprint density at radius 3 is 2.59 bits per heavy atom. The number of amides is 1. The van der Waals surface area contributed by atoms with Crippen molar-refractivity contribution in [3.8, 4) is 18.1 Å². The van der Waals surface area contributed by atoms with E-state index in [-0.39, 0.29) is 16.1 Å². The van der Waals surface area contributed by atoms with Crippen LogP contribution in [0, 0.1) is 12.3 Å². The van der Waals surface area contributed by atoms with E-state index in [4.69, 9.17) is 11.2 Å². The topological polar surface area (TPSA) is 113 Å². The van der Waals surface area contributed by atoms with Crippen molar-refractivity contribution in [3.05, 3.63) is 53.6 Å². The molecule has 1 saturated heterocycles. The van der Waals surface area contributed by atoms with Gasteiger partial charge in [-0.25, -0.2) is 13.2 Å². The number of phenols is 1. The Labute approximate surface area is 186 Å². The summed E-state index contributed by atoms with van der Waals surface area (Å²) < 4.78 is 37.9. The number of rotatable bonds is 6. The minimum Gasteiger partial charge on any atom is -0.507 e. The number of esters is 1. The van der Waals surface area contributed by atoms with Crippen LogP contribution in [0.15, 0.2) is 47.4 Å². The molecule has 32 heavy (non-hydrogen) atoms. The molecule has 0 bridgehead atoms. The van der Waals surface area contributed by atoms with Crippen LogP contribution in [0.3, 0.4) is 0 Å². The van der Waals surface area contributed by atoms with Crippen LogP contribution >= 0.6 is 0 Å². The van der Waals surface area contributed by atoms with Crippen molar-refractivity contribution in [2.24, 2.45) is 0 Å². The van der Waals surface area contributed by atoms with Crippen LogP contribution in [-0.2, 0) is 24.3 Å². The van der Waals surface area contributed by atoms with Gasteiger partial charge in [0.2, 0.25) is 5.91 Å². The highest BCUT2D eigenvalue weighted by Gasteiger charge is 2.31. The van der Waals surface area contributed by atoms with Gasteiger partial charge in [-0.2, -0.15) is 0 Å². The fraction of sp³-hybridized carbons (Fsp3) is 0.273. The highest BCUT2D eigenvalue weighted by atomic mass is 32.2. The van der Waals surface area contributed by atoms with E-state index in [0.29, 0.717) is 31.9 Å². The van der Waals surface area contributed by atoms with Gasteiger partial charge in [-0.15, -0.1) is 6.42 Å². The molecular formula is C22H22N2O7S. The summed E-state index contributed by atoms with van der Waals surface area (Å²) >= 11 is 0. The maximum atomic E-state index is 13.6.